The van der Waals surface area contributed by atoms with Gasteiger partial charge in [-0.05, 0) is 41.8 Å². The number of halogens is 4. The SMILES string of the molecule is Fc1ccc(C(CCl)Cc2ccc(F)c(Cl)c2)cc1. The van der Waals surface area contributed by atoms with Gasteiger partial charge in [0.2, 0.25) is 0 Å². The number of hydrogen-bond donors (Lipinski definition) is 0. The van der Waals surface area contributed by atoms with Gasteiger partial charge in [-0.15, -0.1) is 11.6 Å². The third-order valence-electron chi connectivity index (χ3n) is 2.99. The van der Waals surface area contributed by atoms with E-state index in [9.17, 15) is 8.78 Å². The molecule has 19 heavy (non-hydrogen) atoms. The molecule has 0 nitrogen and oxygen atoms in total. The van der Waals surface area contributed by atoms with E-state index in [0.717, 1.165) is 11.1 Å². The van der Waals surface area contributed by atoms with E-state index >= 15 is 0 Å². The third-order valence-corrected chi connectivity index (χ3v) is 3.66. The van der Waals surface area contributed by atoms with Crippen molar-refractivity contribution in [2.75, 3.05) is 5.88 Å². The minimum absolute atomic E-state index is 0.0452. The van der Waals surface area contributed by atoms with E-state index in [1.54, 1.807) is 24.3 Å². The molecule has 2 rings (SSSR count). The van der Waals surface area contributed by atoms with Gasteiger partial charge in [-0.1, -0.05) is 29.8 Å². The van der Waals surface area contributed by atoms with Crippen LogP contribution in [0.4, 0.5) is 8.78 Å². The van der Waals surface area contributed by atoms with Crippen molar-refractivity contribution in [3.8, 4) is 0 Å². The first-order chi connectivity index (χ1) is 9.10. The highest BCUT2D eigenvalue weighted by Gasteiger charge is 2.12. The van der Waals surface area contributed by atoms with E-state index < -0.39 is 5.82 Å². The van der Waals surface area contributed by atoms with Crippen LogP contribution in [0.1, 0.15) is 17.0 Å². The molecule has 100 valence electrons. The first kappa shape index (κ1) is 14.3. The van der Waals surface area contributed by atoms with Crippen LogP contribution in [0, 0.1) is 11.6 Å². The lowest BCUT2D eigenvalue weighted by molar-refractivity contribution is 0.624. The lowest BCUT2D eigenvalue weighted by Gasteiger charge is -2.14. The Hall–Kier alpha value is -1.12. The molecule has 2 aromatic carbocycles. The fourth-order valence-corrected chi connectivity index (χ4v) is 2.44. The molecule has 0 aliphatic heterocycles. The lowest BCUT2D eigenvalue weighted by atomic mass is 9.93. The molecule has 1 atom stereocenters. The van der Waals surface area contributed by atoms with Gasteiger partial charge in [0.25, 0.3) is 0 Å². The highest BCUT2D eigenvalue weighted by molar-refractivity contribution is 6.30. The van der Waals surface area contributed by atoms with Crippen LogP contribution in [0.3, 0.4) is 0 Å². The van der Waals surface area contributed by atoms with Gasteiger partial charge in [0.1, 0.15) is 11.6 Å². The van der Waals surface area contributed by atoms with E-state index in [1.165, 1.54) is 18.2 Å². The summed E-state index contributed by atoms with van der Waals surface area (Å²) in [6.45, 7) is 0. The van der Waals surface area contributed by atoms with Gasteiger partial charge in [0, 0.05) is 11.8 Å². The molecule has 0 spiro atoms. The summed E-state index contributed by atoms with van der Waals surface area (Å²) in [4.78, 5) is 0. The molecule has 4 heteroatoms. The molecule has 0 N–H and O–H groups in total. The summed E-state index contributed by atoms with van der Waals surface area (Å²) < 4.78 is 26.0. The number of benzene rings is 2. The largest absolute Gasteiger partial charge is 0.207 e. The first-order valence-electron chi connectivity index (χ1n) is 5.85. The standard InChI is InChI=1S/C15H12Cl2F2/c16-9-12(11-2-4-13(18)5-3-11)7-10-1-6-15(19)14(17)8-10/h1-6,8,12H,7,9H2. The van der Waals surface area contributed by atoms with Gasteiger partial charge >= 0.3 is 0 Å². The molecule has 0 aliphatic rings. The third kappa shape index (κ3) is 3.68. The minimum atomic E-state index is -0.436. The fourth-order valence-electron chi connectivity index (χ4n) is 1.95. The van der Waals surface area contributed by atoms with Crippen molar-refractivity contribution >= 4 is 23.2 Å². The summed E-state index contributed by atoms with van der Waals surface area (Å²) in [6, 6.07) is 10.9. The molecule has 1 unspecified atom stereocenters. The smallest absolute Gasteiger partial charge is 0.141 e. The van der Waals surface area contributed by atoms with Crippen molar-refractivity contribution in [3.63, 3.8) is 0 Å². The van der Waals surface area contributed by atoms with Crippen molar-refractivity contribution < 1.29 is 8.78 Å². The molecule has 0 aromatic heterocycles. The summed E-state index contributed by atoms with van der Waals surface area (Å²) in [5, 5.41) is 0.102. The van der Waals surface area contributed by atoms with E-state index in [-0.39, 0.29) is 16.8 Å². The fraction of sp³-hybridized carbons (Fsp3) is 0.200. The zero-order valence-corrected chi connectivity index (χ0v) is 11.6. The summed E-state index contributed by atoms with van der Waals surface area (Å²) in [5.74, 6) is -0.263. The molecule has 0 radical (unpaired) electrons. The van der Waals surface area contributed by atoms with Gasteiger partial charge in [0.15, 0.2) is 0 Å². The van der Waals surface area contributed by atoms with Crippen molar-refractivity contribution in [1.29, 1.82) is 0 Å². The second-order valence-electron chi connectivity index (χ2n) is 4.36. The quantitative estimate of drug-likeness (QED) is 0.682. The minimum Gasteiger partial charge on any atom is -0.207 e. The molecule has 0 saturated heterocycles. The van der Waals surface area contributed by atoms with Gasteiger partial charge in [0.05, 0.1) is 5.02 Å². The average Bonchev–Trinajstić information content (AvgIpc) is 2.41. The topological polar surface area (TPSA) is 0 Å². The summed E-state index contributed by atoms with van der Waals surface area (Å²) in [6.07, 6.45) is 0.634. The normalized spacial score (nSPS) is 12.4. The number of hydrogen-bond acceptors (Lipinski definition) is 0. The highest BCUT2D eigenvalue weighted by Crippen LogP contribution is 2.25. The monoisotopic (exact) mass is 300 g/mol. The van der Waals surface area contributed by atoms with Gasteiger partial charge in [-0.3, -0.25) is 0 Å². The lowest BCUT2D eigenvalue weighted by Crippen LogP contribution is -2.05. The predicted octanol–water partition coefficient (Wildman–Crippen LogP) is 5.18. The molecule has 0 amide bonds. The van der Waals surface area contributed by atoms with Crippen LogP contribution >= 0.6 is 23.2 Å². The van der Waals surface area contributed by atoms with Crippen LogP contribution in [0.5, 0.6) is 0 Å². The van der Waals surface area contributed by atoms with Crippen LogP contribution in [0.15, 0.2) is 42.5 Å². The first-order valence-corrected chi connectivity index (χ1v) is 6.76. The van der Waals surface area contributed by atoms with Crippen LogP contribution in [0.25, 0.3) is 0 Å². The maximum absolute atomic E-state index is 13.1. The Morgan fingerprint density at radius 1 is 1.00 bits per heavy atom. The Kier molecular flexibility index (Phi) is 4.78. The van der Waals surface area contributed by atoms with E-state index in [2.05, 4.69) is 0 Å². The average molecular weight is 301 g/mol. The predicted molar refractivity (Wildman–Crippen MR) is 75.0 cm³/mol. The maximum atomic E-state index is 13.1. The van der Waals surface area contributed by atoms with E-state index in [1.807, 2.05) is 0 Å². The molecule has 2 aromatic rings. The zero-order valence-electron chi connectivity index (χ0n) is 10.0. The number of rotatable bonds is 4. The van der Waals surface area contributed by atoms with Gasteiger partial charge in [-0.2, -0.15) is 0 Å². The van der Waals surface area contributed by atoms with Crippen LogP contribution in [0.2, 0.25) is 5.02 Å². The van der Waals surface area contributed by atoms with Crippen molar-refractivity contribution in [2.45, 2.75) is 12.3 Å². The van der Waals surface area contributed by atoms with E-state index in [4.69, 9.17) is 23.2 Å². The molecule has 0 bridgehead atoms. The molecule has 0 fully saturated rings. The Balaban J connectivity index is 2.18. The Bertz CT molecular complexity index is 553. The molecule has 0 saturated carbocycles. The number of alkyl halides is 1. The van der Waals surface area contributed by atoms with Crippen molar-refractivity contribution in [3.05, 3.63) is 70.2 Å². The maximum Gasteiger partial charge on any atom is 0.141 e. The van der Waals surface area contributed by atoms with Gasteiger partial charge in [-0.25, -0.2) is 8.78 Å². The molecular formula is C15H12Cl2F2. The molecular weight excluding hydrogens is 289 g/mol. The van der Waals surface area contributed by atoms with Crippen LogP contribution in [-0.2, 0) is 6.42 Å². The van der Waals surface area contributed by atoms with Gasteiger partial charge < -0.3 is 0 Å². The summed E-state index contributed by atoms with van der Waals surface area (Å²) in [7, 11) is 0. The van der Waals surface area contributed by atoms with Crippen molar-refractivity contribution in [2.24, 2.45) is 0 Å². The van der Waals surface area contributed by atoms with Crippen LogP contribution < -0.4 is 0 Å². The van der Waals surface area contributed by atoms with Crippen LogP contribution in [-0.4, -0.2) is 5.88 Å². The highest BCUT2D eigenvalue weighted by atomic mass is 35.5. The Labute approximate surface area is 121 Å². The Morgan fingerprint density at radius 3 is 2.26 bits per heavy atom. The summed E-state index contributed by atoms with van der Waals surface area (Å²) in [5.41, 5.74) is 1.86. The van der Waals surface area contributed by atoms with Crippen molar-refractivity contribution in [1.82, 2.24) is 0 Å². The van der Waals surface area contributed by atoms with E-state index in [0.29, 0.717) is 12.3 Å². The molecule has 0 heterocycles. The Morgan fingerprint density at radius 2 is 1.68 bits per heavy atom. The summed E-state index contributed by atoms with van der Waals surface area (Å²) >= 11 is 11.7. The second kappa shape index (κ2) is 6.36. The molecule has 0 aliphatic carbocycles. The zero-order chi connectivity index (χ0) is 13.8. The second-order valence-corrected chi connectivity index (χ2v) is 5.07.